The lowest BCUT2D eigenvalue weighted by Gasteiger charge is -2.05. The monoisotopic (exact) mass is 255 g/mol. The molecule has 0 amide bonds. The van der Waals surface area contributed by atoms with E-state index in [9.17, 15) is 4.79 Å². The van der Waals surface area contributed by atoms with Crippen LogP contribution in [0.5, 0.6) is 0 Å². The lowest BCUT2D eigenvalue weighted by atomic mass is 10.1. The molecule has 0 spiro atoms. The maximum Gasteiger partial charge on any atom is 0.323 e. The minimum atomic E-state index is -0.675. The largest absolute Gasteiger partial charge is 0.468 e. The van der Waals surface area contributed by atoms with E-state index in [1.54, 1.807) is 0 Å². The summed E-state index contributed by atoms with van der Waals surface area (Å²) in [4.78, 5) is 11.1. The van der Waals surface area contributed by atoms with E-state index >= 15 is 0 Å². The number of methoxy groups -OCH3 is 1. The van der Waals surface area contributed by atoms with Gasteiger partial charge in [0.2, 0.25) is 0 Å². The van der Waals surface area contributed by atoms with Crippen molar-refractivity contribution in [1.29, 1.82) is 0 Å². The number of carbonyl (C=O) groups excluding carboxylic acids is 1. The van der Waals surface area contributed by atoms with E-state index in [0.717, 1.165) is 11.0 Å². The zero-order chi connectivity index (χ0) is 11.5. The highest BCUT2D eigenvalue weighted by Gasteiger charge is 2.16. The molecule has 0 fully saturated rings. The number of esters is 1. The quantitative estimate of drug-likeness (QED) is 0.851. The molecule has 2 rings (SSSR count). The molecule has 0 saturated carbocycles. The molecule has 0 aliphatic rings. The first kappa shape index (κ1) is 13.5. The third-order valence-electron chi connectivity index (χ3n) is 2.40. The number of fused-ring (bicyclic) bond motifs is 1. The second-order valence-electron chi connectivity index (χ2n) is 3.58. The summed E-state index contributed by atoms with van der Waals surface area (Å²) in [6, 6.07) is 8.87. The molecule has 92 valence electrons. The van der Waals surface area contributed by atoms with E-state index in [4.69, 9.17) is 10.2 Å². The molecule has 0 saturated heterocycles. The van der Waals surface area contributed by atoms with Crippen LogP contribution < -0.4 is 5.73 Å². The SMILES string of the molecule is COC(=O)C(N)Cc1cc2ccccc2o1.Cl. The molecule has 1 aromatic carbocycles. The first-order valence-electron chi connectivity index (χ1n) is 5.01. The number of carbonyl (C=O) groups is 1. The van der Waals surface area contributed by atoms with Gasteiger partial charge in [-0.2, -0.15) is 0 Å². The summed E-state index contributed by atoms with van der Waals surface area (Å²) >= 11 is 0. The fraction of sp³-hybridized carbons (Fsp3) is 0.250. The third kappa shape index (κ3) is 2.99. The van der Waals surface area contributed by atoms with Gasteiger partial charge in [-0.25, -0.2) is 0 Å². The van der Waals surface area contributed by atoms with Gasteiger partial charge >= 0.3 is 5.97 Å². The zero-order valence-electron chi connectivity index (χ0n) is 9.38. The van der Waals surface area contributed by atoms with Crippen LogP contribution in [0.1, 0.15) is 5.76 Å². The summed E-state index contributed by atoms with van der Waals surface area (Å²) in [5, 5.41) is 1.01. The fourth-order valence-electron chi connectivity index (χ4n) is 1.59. The van der Waals surface area contributed by atoms with E-state index in [1.807, 2.05) is 30.3 Å². The minimum Gasteiger partial charge on any atom is -0.468 e. The van der Waals surface area contributed by atoms with Gasteiger partial charge in [0, 0.05) is 11.8 Å². The Morgan fingerprint density at radius 1 is 1.47 bits per heavy atom. The van der Waals surface area contributed by atoms with Gasteiger partial charge in [0.25, 0.3) is 0 Å². The van der Waals surface area contributed by atoms with Gasteiger partial charge in [-0.1, -0.05) is 18.2 Å². The van der Waals surface area contributed by atoms with Crippen molar-refractivity contribution in [2.45, 2.75) is 12.5 Å². The molecule has 1 unspecified atom stereocenters. The Bertz CT molecular complexity index is 476. The number of halogens is 1. The van der Waals surface area contributed by atoms with Gasteiger partial charge in [-0.15, -0.1) is 12.4 Å². The maximum absolute atomic E-state index is 11.1. The molecule has 2 aromatic rings. The molecular formula is C12H14ClNO3. The standard InChI is InChI=1S/C12H13NO3.ClH/c1-15-12(14)10(13)7-9-6-8-4-2-3-5-11(8)16-9;/h2-6,10H,7,13H2,1H3;1H. The minimum absolute atomic E-state index is 0. The summed E-state index contributed by atoms with van der Waals surface area (Å²) in [5.41, 5.74) is 6.45. The molecule has 0 aliphatic heterocycles. The summed E-state index contributed by atoms with van der Waals surface area (Å²) in [7, 11) is 1.32. The second kappa shape index (κ2) is 5.70. The summed E-state index contributed by atoms with van der Waals surface area (Å²) in [5.74, 6) is 0.263. The highest BCUT2D eigenvalue weighted by molar-refractivity contribution is 5.85. The molecule has 0 radical (unpaired) electrons. The van der Waals surface area contributed by atoms with Gasteiger partial charge in [-0.05, 0) is 12.1 Å². The number of ether oxygens (including phenoxy) is 1. The van der Waals surface area contributed by atoms with Crippen molar-refractivity contribution in [2.24, 2.45) is 5.73 Å². The Labute approximate surface area is 105 Å². The Balaban J connectivity index is 0.00000144. The van der Waals surface area contributed by atoms with Crippen LogP contribution in [0.3, 0.4) is 0 Å². The first-order chi connectivity index (χ1) is 7.70. The lowest BCUT2D eigenvalue weighted by molar-refractivity contribution is -0.142. The Morgan fingerprint density at radius 3 is 2.82 bits per heavy atom. The summed E-state index contributed by atoms with van der Waals surface area (Å²) in [6.07, 6.45) is 0.349. The van der Waals surface area contributed by atoms with Crippen LogP contribution in [0, 0.1) is 0 Å². The highest BCUT2D eigenvalue weighted by atomic mass is 35.5. The highest BCUT2D eigenvalue weighted by Crippen LogP contribution is 2.19. The maximum atomic E-state index is 11.1. The number of benzene rings is 1. The number of para-hydroxylation sites is 1. The van der Waals surface area contributed by atoms with Gasteiger partial charge in [0.15, 0.2) is 0 Å². The number of nitrogens with two attached hydrogens (primary N) is 1. The van der Waals surface area contributed by atoms with Gasteiger partial charge in [0.1, 0.15) is 17.4 Å². The number of rotatable bonds is 3. The average molecular weight is 256 g/mol. The molecule has 2 N–H and O–H groups in total. The van der Waals surface area contributed by atoms with Crippen molar-refractivity contribution in [1.82, 2.24) is 0 Å². The number of furan rings is 1. The lowest BCUT2D eigenvalue weighted by Crippen LogP contribution is -2.33. The predicted octanol–water partition coefficient (Wildman–Crippen LogP) is 1.90. The molecule has 1 heterocycles. The van der Waals surface area contributed by atoms with E-state index in [2.05, 4.69) is 4.74 Å². The van der Waals surface area contributed by atoms with Crippen LogP contribution in [0.2, 0.25) is 0 Å². The van der Waals surface area contributed by atoms with Gasteiger partial charge < -0.3 is 14.9 Å². The molecule has 17 heavy (non-hydrogen) atoms. The summed E-state index contributed by atoms with van der Waals surface area (Å²) < 4.78 is 10.1. The van der Waals surface area contributed by atoms with Crippen molar-refractivity contribution in [2.75, 3.05) is 7.11 Å². The third-order valence-corrected chi connectivity index (χ3v) is 2.40. The van der Waals surface area contributed by atoms with Gasteiger partial charge in [-0.3, -0.25) is 4.79 Å². The van der Waals surface area contributed by atoms with Crippen LogP contribution >= 0.6 is 12.4 Å². The number of hydrogen-bond acceptors (Lipinski definition) is 4. The average Bonchev–Trinajstić information content (AvgIpc) is 2.69. The van der Waals surface area contributed by atoms with Crippen molar-refractivity contribution in [3.05, 3.63) is 36.1 Å². The molecule has 1 aromatic heterocycles. The number of hydrogen-bond donors (Lipinski definition) is 1. The first-order valence-corrected chi connectivity index (χ1v) is 5.01. The smallest absolute Gasteiger partial charge is 0.323 e. The van der Waals surface area contributed by atoms with E-state index in [1.165, 1.54) is 7.11 Å². The van der Waals surface area contributed by atoms with Crippen LogP contribution in [-0.4, -0.2) is 19.1 Å². The molecule has 5 heteroatoms. The Morgan fingerprint density at radius 2 is 2.18 bits per heavy atom. The normalized spacial score (nSPS) is 11.9. The molecule has 0 aliphatic carbocycles. The van der Waals surface area contributed by atoms with Crippen molar-refractivity contribution in [3.8, 4) is 0 Å². The molecule has 4 nitrogen and oxygen atoms in total. The van der Waals surface area contributed by atoms with E-state index < -0.39 is 12.0 Å². The topological polar surface area (TPSA) is 65.5 Å². The molecular weight excluding hydrogens is 242 g/mol. The zero-order valence-corrected chi connectivity index (χ0v) is 10.2. The van der Waals surface area contributed by atoms with E-state index in [-0.39, 0.29) is 12.4 Å². The van der Waals surface area contributed by atoms with Crippen molar-refractivity contribution < 1.29 is 13.9 Å². The summed E-state index contributed by atoms with van der Waals surface area (Å²) in [6.45, 7) is 0. The van der Waals surface area contributed by atoms with E-state index in [0.29, 0.717) is 12.2 Å². The van der Waals surface area contributed by atoms with Crippen LogP contribution in [0.15, 0.2) is 34.7 Å². The predicted molar refractivity (Wildman–Crippen MR) is 67.2 cm³/mol. The Kier molecular flexibility index (Phi) is 4.54. The van der Waals surface area contributed by atoms with Crippen LogP contribution in [0.25, 0.3) is 11.0 Å². The van der Waals surface area contributed by atoms with Crippen LogP contribution in [0.4, 0.5) is 0 Å². The fourth-order valence-corrected chi connectivity index (χ4v) is 1.59. The van der Waals surface area contributed by atoms with Crippen molar-refractivity contribution in [3.63, 3.8) is 0 Å². The second-order valence-corrected chi connectivity index (χ2v) is 3.58. The molecule has 0 bridgehead atoms. The van der Waals surface area contributed by atoms with Crippen molar-refractivity contribution >= 4 is 29.3 Å². The van der Waals surface area contributed by atoms with Crippen LogP contribution in [-0.2, 0) is 16.0 Å². The molecule has 1 atom stereocenters. The Hall–Kier alpha value is -1.52. The van der Waals surface area contributed by atoms with Gasteiger partial charge in [0.05, 0.1) is 7.11 Å².